The van der Waals surface area contributed by atoms with E-state index in [-0.39, 0.29) is 10.0 Å². The molecular formula is C7H3BrF2O. The molecule has 58 valence electrons. The summed E-state index contributed by atoms with van der Waals surface area (Å²) >= 11 is 2.74. The lowest BCUT2D eigenvalue weighted by atomic mass is 10.2. The van der Waals surface area contributed by atoms with Crippen molar-refractivity contribution in [3.05, 3.63) is 34.1 Å². The minimum absolute atomic E-state index is 0.132. The molecule has 0 spiro atoms. The van der Waals surface area contributed by atoms with Gasteiger partial charge in [-0.1, -0.05) is 6.07 Å². The summed E-state index contributed by atoms with van der Waals surface area (Å²) in [5.74, 6) is -0.645. The van der Waals surface area contributed by atoms with Gasteiger partial charge in [0.2, 0.25) is 0 Å². The first-order valence-corrected chi connectivity index (χ1v) is 3.56. The van der Waals surface area contributed by atoms with Gasteiger partial charge in [0.05, 0.1) is 10.0 Å². The van der Waals surface area contributed by atoms with Crippen molar-refractivity contribution in [2.24, 2.45) is 0 Å². The Morgan fingerprint density at radius 2 is 2.09 bits per heavy atom. The fraction of sp³-hybridized carbons (Fsp3) is 0. The first kappa shape index (κ1) is 8.33. The molecular weight excluding hydrogens is 218 g/mol. The van der Waals surface area contributed by atoms with Crippen LogP contribution < -0.4 is 0 Å². The first-order valence-electron chi connectivity index (χ1n) is 2.77. The lowest BCUT2D eigenvalue weighted by Gasteiger charge is -1.96. The van der Waals surface area contributed by atoms with Crippen LogP contribution in [0.4, 0.5) is 8.78 Å². The fourth-order valence-corrected chi connectivity index (χ4v) is 1.08. The molecule has 0 heterocycles. The first-order chi connectivity index (χ1) is 5.13. The molecule has 1 rings (SSSR count). The highest BCUT2D eigenvalue weighted by atomic mass is 79.9. The van der Waals surface area contributed by atoms with E-state index in [0.717, 1.165) is 6.07 Å². The molecule has 0 bridgehead atoms. The van der Waals surface area contributed by atoms with Crippen molar-refractivity contribution in [1.82, 2.24) is 0 Å². The van der Waals surface area contributed by atoms with Crippen molar-refractivity contribution < 1.29 is 13.6 Å². The maximum atomic E-state index is 12.6. The molecule has 0 fully saturated rings. The number of hydrogen-bond donors (Lipinski definition) is 0. The predicted molar refractivity (Wildman–Crippen MR) is 39.5 cm³/mol. The molecule has 11 heavy (non-hydrogen) atoms. The summed E-state index contributed by atoms with van der Waals surface area (Å²) in [6.45, 7) is 0. The van der Waals surface area contributed by atoms with Gasteiger partial charge in [-0.3, -0.25) is 4.79 Å². The third-order valence-corrected chi connectivity index (χ3v) is 1.97. The van der Waals surface area contributed by atoms with E-state index >= 15 is 0 Å². The van der Waals surface area contributed by atoms with Crippen molar-refractivity contribution in [3.63, 3.8) is 0 Å². The Kier molecular flexibility index (Phi) is 2.34. The zero-order valence-electron chi connectivity index (χ0n) is 5.27. The molecule has 1 nitrogen and oxygen atoms in total. The summed E-state index contributed by atoms with van der Waals surface area (Å²) in [5, 5.41) is 0. The second-order valence-electron chi connectivity index (χ2n) is 1.88. The van der Waals surface area contributed by atoms with Gasteiger partial charge in [-0.25, -0.2) is 4.39 Å². The van der Waals surface area contributed by atoms with Crippen molar-refractivity contribution in [2.45, 2.75) is 0 Å². The smallest absolute Gasteiger partial charge is 0.255 e. The van der Waals surface area contributed by atoms with Crippen LogP contribution >= 0.6 is 15.9 Å². The quantitative estimate of drug-likeness (QED) is 0.666. The van der Waals surface area contributed by atoms with Crippen LogP contribution in [-0.4, -0.2) is 6.04 Å². The van der Waals surface area contributed by atoms with Crippen molar-refractivity contribution >= 4 is 22.0 Å². The Hall–Kier alpha value is -0.770. The van der Waals surface area contributed by atoms with Crippen LogP contribution in [0.15, 0.2) is 22.7 Å². The van der Waals surface area contributed by atoms with E-state index in [1.165, 1.54) is 12.1 Å². The molecule has 0 unspecified atom stereocenters. The highest BCUT2D eigenvalue weighted by molar-refractivity contribution is 9.10. The molecule has 0 N–H and O–H groups in total. The van der Waals surface area contributed by atoms with Crippen LogP contribution in [0.1, 0.15) is 10.4 Å². The topological polar surface area (TPSA) is 17.1 Å². The number of carbonyl (C=O) groups excluding carboxylic acids is 1. The number of rotatable bonds is 1. The highest BCUT2D eigenvalue weighted by Gasteiger charge is 2.10. The Labute approximate surface area is 70.2 Å². The van der Waals surface area contributed by atoms with E-state index in [0.29, 0.717) is 0 Å². The molecule has 0 aliphatic carbocycles. The van der Waals surface area contributed by atoms with Gasteiger partial charge < -0.3 is 0 Å². The van der Waals surface area contributed by atoms with E-state index in [4.69, 9.17) is 0 Å². The van der Waals surface area contributed by atoms with Crippen LogP contribution in [0.5, 0.6) is 0 Å². The Balaban J connectivity index is 3.27. The van der Waals surface area contributed by atoms with Crippen LogP contribution in [0, 0.1) is 5.82 Å². The van der Waals surface area contributed by atoms with Crippen molar-refractivity contribution in [2.75, 3.05) is 0 Å². The molecule has 0 saturated heterocycles. The highest BCUT2D eigenvalue weighted by Crippen LogP contribution is 2.20. The molecule has 4 heteroatoms. The summed E-state index contributed by atoms with van der Waals surface area (Å²) in [4.78, 5) is 10.2. The van der Waals surface area contributed by atoms with Gasteiger partial charge in [0.25, 0.3) is 0 Å². The van der Waals surface area contributed by atoms with E-state index in [2.05, 4.69) is 15.9 Å². The molecule has 0 aromatic heterocycles. The van der Waals surface area contributed by atoms with Gasteiger partial charge in [0, 0.05) is 0 Å². The van der Waals surface area contributed by atoms with E-state index in [9.17, 15) is 13.6 Å². The van der Waals surface area contributed by atoms with Gasteiger partial charge in [0.1, 0.15) is 5.82 Å². The lowest BCUT2D eigenvalue weighted by Crippen LogP contribution is -1.93. The fourth-order valence-electron chi connectivity index (χ4n) is 0.656. The largest absolute Gasteiger partial charge is 0.333 e. The van der Waals surface area contributed by atoms with Crippen LogP contribution in [-0.2, 0) is 0 Å². The normalized spacial score (nSPS) is 9.73. The van der Waals surface area contributed by atoms with Gasteiger partial charge in [0.15, 0.2) is 0 Å². The van der Waals surface area contributed by atoms with Crippen LogP contribution in [0.25, 0.3) is 0 Å². The van der Waals surface area contributed by atoms with Gasteiger partial charge in [-0.2, -0.15) is 4.39 Å². The van der Waals surface area contributed by atoms with Gasteiger partial charge in [-0.15, -0.1) is 0 Å². The standard InChI is InChI=1S/C7H3BrF2O/c8-6-4(7(10)11)2-1-3-5(6)9/h1-3H. The summed E-state index contributed by atoms with van der Waals surface area (Å²) < 4.78 is 24.5. The monoisotopic (exact) mass is 220 g/mol. The third-order valence-electron chi connectivity index (χ3n) is 1.16. The molecule has 0 aliphatic rings. The summed E-state index contributed by atoms with van der Waals surface area (Å²) in [6.07, 6.45) is 0. The van der Waals surface area contributed by atoms with E-state index < -0.39 is 11.9 Å². The zero-order valence-corrected chi connectivity index (χ0v) is 6.86. The Bertz CT molecular complexity index is 298. The minimum atomic E-state index is -1.64. The van der Waals surface area contributed by atoms with E-state index in [1.807, 2.05) is 0 Å². The van der Waals surface area contributed by atoms with Crippen molar-refractivity contribution in [3.8, 4) is 0 Å². The molecule has 0 aliphatic heterocycles. The summed E-state index contributed by atoms with van der Waals surface area (Å²) in [7, 11) is 0. The number of halogens is 3. The maximum Gasteiger partial charge on any atom is 0.333 e. The molecule has 0 radical (unpaired) electrons. The number of carbonyl (C=O) groups is 1. The second kappa shape index (κ2) is 3.09. The minimum Gasteiger partial charge on any atom is -0.255 e. The van der Waals surface area contributed by atoms with Gasteiger partial charge in [-0.05, 0) is 28.1 Å². The molecule has 1 aromatic rings. The molecule has 0 saturated carbocycles. The Morgan fingerprint density at radius 3 is 2.55 bits per heavy atom. The van der Waals surface area contributed by atoms with Crippen LogP contribution in [0.3, 0.4) is 0 Å². The van der Waals surface area contributed by atoms with Gasteiger partial charge >= 0.3 is 6.04 Å². The maximum absolute atomic E-state index is 12.6. The second-order valence-corrected chi connectivity index (χ2v) is 2.67. The molecule has 0 atom stereocenters. The van der Waals surface area contributed by atoms with Crippen LogP contribution in [0.2, 0.25) is 0 Å². The Morgan fingerprint density at radius 1 is 1.45 bits per heavy atom. The van der Waals surface area contributed by atoms with Crippen molar-refractivity contribution in [1.29, 1.82) is 0 Å². The number of hydrogen-bond acceptors (Lipinski definition) is 1. The number of benzene rings is 1. The molecule has 0 amide bonds. The summed E-state index contributed by atoms with van der Waals surface area (Å²) in [5.41, 5.74) is -0.287. The zero-order chi connectivity index (χ0) is 8.43. The SMILES string of the molecule is O=C(F)c1cccc(F)c1Br. The third kappa shape index (κ3) is 1.63. The molecule has 1 aromatic carbocycles. The average molecular weight is 221 g/mol. The predicted octanol–water partition coefficient (Wildman–Crippen LogP) is 2.70. The summed E-state index contributed by atoms with van der Waals surface area (Å²) in [6, 6.07) is 1.97. The lowest BCUT2D eigenvalue weighted by molar-refractivity contribution is 0.0834. The van der Waals surface area contributed by atoms with E-state index in [1.54, 1.807) is 0 Å². The average Bonchev–Trinajstić information content (AvgIpc) is 1.94.